The summed E-state index contributed by atoms with van der Waals surface area (Å²) in [6, 6.07) is 12.7. The molecule has 0 fully saturated rings. The number of anilines is 1. The van der Waals surface area contributed by atoms with Crippen molar-refractivity contribution >= 4 is 45.1 Å². The SMILES string of the molecule is O=C(O)COc1cc2nc(-c3cn(Cc4ccccc4)nn3)sc2cc1N(CC(=O)O)CC(=O)O. The predicted octanol–water partition coefficient (Wildman–Crippen LogP) is 2.04. The van der Waals surface area contributed by atoms with Crippen molar-refractivity contribution in [1.82, 2.24) is 20.0 Å². The zero-order chi connectivity index (χ0) is 24.9. The van der Waals surface area contributed by atoms with Crippen molar-refractivity contribution in [2.75, 3.05) is 24.6 Å². The first-order valence-corrected chi connectivity index (χ1v) is 11.0. The Kier molecular flexibility index (Phi) is 6.87. The average Bonchev–Trinajstić information content (AvgIpc) is 3.43. The second kappa shape index (κ2) is 10.2. The third-order valence-electron chi connectivity index (χ3n) is 4.76. The van der Waals surface area contributed by atoms with Gasteiger partial charge in [-0.2, -0.15) is 0 Å². The van der Waals surface area contributed by atoms with E-state index in [9.17, 15) is 24.6 Å². The maximum absolute atomic E-state index is 11.3. The molecule has 35 heavy (non-hydrogen) atoms. The highest BCUT2D eigenvalue weighted by Gasteiger charge is 2.22. The van der Waals surface area contributed by atoms with Crippen LogP contribution < -0.4 is 9.64 Å². The Balaban J connectivity index is 1.70. The molecule has 4 aromatic rings. The van der Waals surface area contributed by atoms with Gasteiger partial charge in [0, 0.05) is 6.07 Å². The van der Waals surface area contributed by atoms with E-state index in [4.69, 9.17) is 9.84 Å². The number of benzene rings is 2. The van der Waals surface area contributed by atoms with E-state index in [1.165, 1.54) is 23.5 Å². The molecular formula is C22H19N5O7S. The Labute approximate surface area is 201 Å². The second-order valence-electron chi connectivity index (χ2n) is 7.42. The summed E-state index contributed by atoms with van der Waals surface area (Å²) in [6.45, 7) is -1.42. The number of carboxylic acid groups (broad SMARTS) is 3. The minimum Gasteiger partial charge on any atom is -0.480 e. The summed E-state index contributed by atoms with van der Waals surface area (Å²) in [5, 5.41) is 36.4. The van der Waals surface area contributed by atoms with E-state index in [1.54, 1.807) is 10.9 Å². The van der Waals surface area contributed by atoms with Crippen molar-refractivity contribution < 1.29 is 34.4 Å². The minimum atomic E-state index is -1.25. The third kappa shape index (κ3) is 5.89. The first-order valence-electron chi connectivity index (χ1n) is 10.2. The fourth-order valence-corrected chi connectivity index (χ4v) is 4.28. The van der Waals surface area contributed by atoms with E-state index in [0.29, 0.717) is 27.5 Å². The summed E-state index contributed by atoms with van der Waals surface area (Å²) in [4.78, 5) is 39.3. The van der Waals surface area contributed by atoms with Crippen molar-refractivity contribution in [3.63, 3.8) is 0 Å². The first-order chi connectivity index (χ1) is 16.8. The lowest BCUT2D eigenvalue weighted by Crippen LogP contribution is -2.34. The highest BCUT2D eigenvalue weighted by atomic mass is 32.1. The van der Waals surface area contributed by atoms with Gasteiger partial charge in [-0.3, -0.25) is 9.59 Å². The van der Waals surface area contributed by atoms with Crippen LogP contribution in [0.2, 0.25) is 0 Å². The predicted molar refractivity (Wildman–Crippen MR) is 125 cm³/mol. The Morgan fingerprint density at radius 3 is 2.37 bits per heavy atom. The van der Waals surface area contributed by atoms with Crippen LogP contribution in [0.25, 0.3) is 20.9 Å². The number of aliphatic carboxylic acids is 3. The Hall–Kier alpha value is -4.52. The standard InChI is InChI=1S/C22H19N5O7S/c28-19(29)10-26(11-20(30)31)16-7-18-14(6-17(16)34-12-21(32)33)23-22(35-18)15-9-27(25-24-15)8-13-4-2-1-3-5-13/h1-7,9H,8,10-12H2,(H,28,29)(H,30,31)(H,32,33). The molecule has 0 aliphatic rings. The van der Waals surface area contributed by atoms with Gasteiger partial charge in [0.15, 0.2) is 6.61 Å². The lowest BCUT2D eigenvalue weighted by Gasteiger charge is -2.23. The summed E-state index contributed by atoms with van der Waals surface area (Å²) < 4.78 is 7.62. The number of hydrogen-bond donors (Lipinski definition) is 3. The molecule has 0 radical (unpaired) electrons. The summed E-state index contributed by atoms with van der Waals surface area (Å²) >= 11 is 1.25. The van der Waals surface area contributed by atoms with Gasteiger partial charge in [0.05, 0.1) is 28.6 Å². The summed E-state index contributed by atoms with van der Waals surface area (Å²) in [5.74, 6) is -3.74. The molecule has 4 rings (SSSR count). The maximum atomic E-state index is 11.3. The monoisotopic (exact) mass is 497 g/mol. The quantitative estimate of drug-likeness (QED) is 0.277. The number of carbonyl (C=O) groups is 3. The van der Waals surface area contributed by atoms with Gasteiger partial charge in [-0.15, -0.1) is 16.4 Å². The summed E-state index contributed by atoms with van der Waals surface area (Å²) in [6.07, 6.45) is 1.74. The Bertz CT molecular complexity index is 1370. The largest absolute Gasteiger partial charge is 0.480 e. The number of aromatic nitrogens is 4. The molecule has 0 atom stereocenters. The van der Waals surface area contributed by atoms with Gasteiger partial charge in [-0.1, -0.05) is 35.5 Å². The molecule has 180 valence electrons. The molecule has 12 nitrogen and oxygen atoms in total. The fraction of sp³-hybridized carbons (Fsp3) is 0.182. The van der Waals surface area contributed by atoms with Crippen LogP contribution in [-0.2, 0) is 20.9 Å². The van der Waals surface area contributed by atoms with E-state index in [1.807, 2.05) is 30.3 Å². The van der Waals surface area contributed by atoms with E-state index >= 15 is 0 Å². The molecule has 2 heterocycles. The van der Waals surface area contributed by atoms with Gasteiger partial charge in [0.25, 0.3) is 0 Å². The molecule has 0 bridgehead atoms. The number of fused-ring (bicyclic) bond motifs is 1. The number of nitrogens with zero attached hydrogens (tertiary/aromatic N) is 5. The molecule has 2 aromatic heterocycles. The van der Waals surface area contributed by atoms with Crippen LogP contribution in [-0.4, -0.2) is 72.9 Å². The van der Waals surface area contributed by atoms with Gasteiger partial charge < -0.3 is 25.0 Å². The molecule has 0 aliphatic carbocycles. The van der Waals surface area contributed by atoms with Crippen LogP contribution in [0.4, 0.5) is 5.69 Å². The smallest absolute Gasteiger partial charge is 0.341 e. The van der Waals surface area contributed by atoms with E-state index in [0.717, 1.165) is 10.5 Å². The van der Waals surface area contributed by atoms with Gasteiger partial charge >= 0.3 is 17.9 Å². The fourth-order valence-electron chi connectivity index (χ4n) is 3.35. The van der Waals surface area contributed by atoms with Gasteiger partial charge in [-0.25, -0.2) is 14.5 Å². The number of rotatable bonds is 11. The summed E-state index contributed by atoms with van der Waals surface area (Å²) in [7, 11) is 0. The number of ether oxygens (including phenoxy) is 1. The van der Waals surface area contributed by atoms with Gasteiger partial charge in [0.2, 0.25) is 0 Å². The third-order valence-corrected chi connectivity index (χ3v) is 5.80. The normalized spacial score (nSPS) is 10.9. The van der Waals surface area contributed by atoms with E-state index in [-0.39, 0.29) is 11.4 Å². The molecule has 0 unspecified atom stereocenters. The highest BCUT2D eigenvalue weighted by molar-refractivity contribution is 7.21. The molecule has 0 saturated carbocycles. The molecule has 0 amide bonds. The zero-order valence-electron chi connectivity index (χ0n) is 18.1. The molecule has 0 spiro atoms. The molecular weight excluding hydrogens is 478 g/mol. The number of thiazole rings is 1. The van der Waals surface area contributed by atoms with E-state index in [2.05, 4.69) is 15.3 Å². The Morgan fingerprint density at radius 2 is 1.71 bits per heavy atom. The van der Waals surface area contributed by atoms with Crippen LogP contribution in [0.3, 0.4) is 0 Å². The van der Waals surface area contributed by atoms with Gasteiger partial charge in [0.1, 0.15) is 29.5 Å². The van der Waals surface area contributed by atoms with Crippen molar-refractivity contribution in [2.45, 2.75) is 6.54 Å². The molecule has 3 N–H and O–H groups in total. The van der Waals surface area contributed by atoms with Crippen molar-refractivity contribution in [2.24, 2.45) is 0 Å². The minimum absolute atomic E-state index is 0.00646. The van der Waals surface area contributed by atoms with Crippen LogP contribution in [0, 0.1) is 0 Å². The van der Waals surface area contributed by atoms with Crippen LogP contribution in [0.15, 0.2) is 48.7 Å². The van der Waals surface area contributed by atoms with Crippen molar-refractivity contribution in [3.05, 3.63) is 54.2 Å². The number of carboxylic acids is 3. The van der Waals surface area contributed by atoms with Crippen LogP contribution in [0.5, 0.6) is 5.75 Å². The first kappa shape index (κ1) is 23.6. The average molecular weight is 497 g/mol. The zero-order valence-corrected chi connectivity index (χ0v) is 18.9. The van der Waals surface area contributed by atoms with Gasteiger partial charge in [-0.05, 0) is 11.6 Å². The van der Waals surface area contributed by atoms with Crippen LogP contribution in [0.1, 0.15) is 5.56 Å². The van der Waals surface area contributed by atoms with E-state index < -0.39 is 37.6 Å². The second-order valence-corrected chi connectivity index (χ2v) is 8.45. The lowest BCUT2D eigenvalue weighted by atomic mass is 10.2. The summed E-state index contributed by atoms with van der Waals surface area (Å²) in [5.41, 5.74) is 2.16. The van der Waals surface area contributed by atoms with Crippen molar-refractivity contribution in [1.29, 1.82) is 0 Å². The molecule has 0 saturated heterocycles. The van der Waals surface area contributed by atoms with Crippen LogP contribution >= 0.6 is 11.3 Å². The highest BCUT2D eigenvalue weighted by Crippen LogP contribution is 2.38. The molecule has 2 aromatic carbocycles. The van der Waals surface area contributed by atoms with Crippen molar-refractivity contribution in [3.8, 4) is 16.5 Å². The maximum Gasteiger partial charge on any atom is 0.341 e. The number of hydrogen-bond acceptors (Lipinski definition) is 9. The topological polar surface area (TPSA) is 168 Å². The molecule has 0 aliphatic heterocycles. The lowest BCUT2D eigenvalue weighted by molar-refractivity contribution is -0.140. The Morgan fingerprint density at radius 1 is 1.00 bits per heavy atom. The molecule has 13 heteroatoms.